The Morgan fingerprint density at radius 3 is 1.30 bits per heavy atom. The zero-order valence-electron chi connectivity index (χ0n) is 61.2. The van der Waals surface area contributed by atoms with Gasteiger partial charge in [-0.25, -0.2) is 43.8 Å². The fraction of sp³-hybridized carbons (Fsp3) is 0.529. The minimum absolute atomic E-state index is 0. The van der Waals surface area contributed by atoms with E-state index in [1.54, 1.807) is 128 Å². The van der Waals surface area contributed by atoms with E-state index in [-0.39, 0.29) is 146 Å². The van der Waals surface area contributed by atoms with Gasteiger partial charge in [-0.1, -0.05) is 20.8 Å². The second kappa shape index (κ2) is 34.6. The zero-order valence-corrected chi connectivity index (χ0v) is 66.0. The Bertz CT molecular complexity index is 4120. The van der Waals surface area contributed by atoms with Crippen molar-refractivity contribution in [3.05, 3.63) is 117 Å². The molecular formula is C68H89F8KN10O16S2. The molecule has 9 amide bonds. The number of amidine groups is 1. The van der Waals surface area contributed by atoms with Crippen LogP contribution in [0.3, 0.4) is 0 Å². The molecule has 0 bridgehead atoms. The quantitative estimate of drug-likeness (QED) is 0.0470. The van der Waals surface area contributed by atoms with Crippen molar-refractivity contribution in [3.8, 4) is 11.5 Å². The number of primary amides is 1. The molecule has 9 rings (SSSR count). The van der Waals surface area contributed by atoms with Crippen molar-refractivity contribution in [2.75, 3.05) is 54.1 Å². The van der Waals surface area contributed by atoms with E-state index in [2.05, 4.69) is 35.7 Å². The van der Waals surface area contributed by atoms with E-state index in [0.717, 1.165) is 50.8 Å². The van der Waals surface area contributed by atoms with E-state index in [9.17, 15) is 90.6 Å². The number of nitrogens with zero attached hydrogens (tertiary/aromatic N) is 5. The first kappa shape index (κ1) is 90.6. The molecule has 0 unspecified atom stereocenters. The van der Waals surface area contributed by atoms with Gasteiger partial charge in [0.25, 0.3) is 23.6 Å². The molecule has 1 spiro atoms. The third-order valence-corrected chi connectivity index (χ3v) is 20.5. The number of nitrogens with one attached hydrogen (secondary N) is 4. The first-order valence-corrected chi connectivity index (χ1v) is 35.8. The van der Waals surface area contributed by atoms with Crippen LogP contribution in [0.15, 0.2) is 65.7 Å². The maximum Gasteiger partial charge on any atom is 1.00 e. The summed E-state index contributed by atoms with van der Waals surface area (Å²) in [4.78, 5) is 94.7. The van der Waals surface area contributed by atoms with Crippen molar-refractivity contribution < 1.29 is 162 Å². The molecule has 5 heterocycles. The summed E-state index contributed by atoms with van der Waals surface area (Å²) in [7, 11) is -7.64. The number of sulfonamides is 2. The number of urea groups is 2. The number of imide groups is 2. The number of benzene rings is 4. The predicted molar refractivity (Wildman–Crippen MR) is 366 cm³/mol. The van der Waals surface area contributed by atoms with Gasteiger partial charge in [-0.05, 0) is 216 Å². The van der Waals surface area contributed by atoms with Gasteiger partial charge in [0, 0.05) is 55.3 Å². The topological polar surface area (TPSA) is 369 Å². The maximum absolute atomic E-state index is 13.9. The number of ether oxygens (including phenoxy) is 2. The molecule has 4 aromatic carbocycles. The van der Waals surface area contributed by atoms with Crippen molar-refractivity contribution in [3.63, 3.8) is 0 Å². The zero-order chi connectivity index (χ0) is 79.2. The number of alkyl halides is 6. The van der Waals surface area contributed by atoms with Crippen LogP contribution in [0.25, 0.3) is 0 Å². The molecule has 5 aliphatic rings. The standard InChI is InChI=1S/C29H33F4N5O7S.C29H31F4N5O6S.C4H10O.C4H9O.C2H6O.K/c1-16-13-19(38-26(42)35-25(41)27(38,3)4)14-17(2)20(16)7-12-46(43,44)37-10-8-28(9-11-37,24(34)40)36-23(39)18-5-6-21(30)22(15-18)45-29(31,32)33;1-16-13-19(38-26(41)35-24(39)27(38,3)4)14-17(2)20(16)7-12-45(42,43)37-10-8-28(9-11-37)25(40)34-23(36-28)18-5-6-21(30)22(15-18)44-29(31,32)33;2*1-4(2,3)5;1-2-3;/h5-6,13-15H,7-12H2,1-4H3,(H2,34,40)(H,36,39)(H,35,41,42);5-6,13-15H,7-12H2,1-4H3,(H,34,36,40)(H,35,39,41);5H,1-3H3;1-3H3;3H,2H2,1H3;/q;;;-1;;+1. The van der Waals surface area contributed by atoms with Gasteiger partial charge >= 0.3 is 76.2 Å². The number of carbonyl (C=O) groups excluding carboxylic acids is 7. The molecule has 8 N–H and O–H groups in total. The van der Waals surface area contributed by atoms with Crippen molar-refractivity contribution in [1.29, 1.82) is 0 Å². The van der Waals surface area contributed by atoms with Gasteiger partial charge in [0.05, 0.1) is 17.1 Å². The number of aliphatic hydroxyl groups is 2. The Labute approximate surface area is 647 Å². The van der Waals surface area contributed by atoms with Crippen LogP contribution in [0.2, 0.25) is 0 Å². The SMILES string of the molecule is CC(C)(C)O.CC(C)(C)[O-].CCO.Cc1cc(N2C(=O)NC(=O)C2(C)C)cc(C)c1CCS(=O)(=O)N1CCC(NC(=O)c2ccc(F)c(OC(F)(F)F)c2)(C(N)=O)CC1.Cc1cc(N2C(=O)NC(=O)C2(C)C)cc(C)c1CCS(=O)(=O)N1CCC2(CC1)N=C(c1ccc(F)c(OC(F)(F)F)c1)NC2=O.[K+]. The second-order valence-corrected chi connectivity index (χ2v) is 32.4. The van der Waals surface area contributed by atoms with Crippen molar-refractivity contribution in [1.82, 2.24) is 29.9 Å². The van der Waals surface area contributed by atoms with Gasteiger partial charge in [0.2, 0.25) is 26.0 Å². The number of carbonyl (C=O) groups is 7. The number of hydrogen-bond donors (Lipinski definition) is 7. The van der Waals surface area contributed by atoms with Gasteiger partial charge in [0.15, 0.2) is 23.1 Å². The maximum atomic E-state index is 13.9. The average molecular weight is 1560 g/mol. The molecule has 37 heteroatoms. The summed E-state index contributed by atoms with van der Waals surface area (Å²) in [6, 6.07) is 10.6. The molecule has 4 aromatic rings. The van der Waals surface area contributed by atoms with Crippen molar-refractivity contribution >= 4 is 78.9 Å². The fourth-order valence-electron chi connectivity index (χ4n) is 11.6. The molecule has 0 radical (unpaired) electrons. The van der Waals surface area contributed by atoms with Crippen LogP contribution in [-0.2, 0) is 52.1 Å². The molecular weight excluding hydrogens is 1470 g/mol. The molecule has 26 nitrogen and oxygen atoms in total. The minimum atomic E-state index is -5.21. The molecule has 0 atom stereocenters. The van der Waals surface area contributed by atoms with E-state index >= 15 is 0 Å². The van der Waals surface area contributed by atoms with E-state index in [1.165, 1.54) is 14.1 Å². The Morgan fingerprint density at radius 1 is 0.619 bits per heavy atom. The molecule has 0 aromatic heterocycles. The Balaban J connectivity index is 0.000000377. The molecule has 0 saturated carbocycles. The van der Waals surface area contributed by atoms with E-state index in [1.807, 2.05) is 0 Å². The Kier molecular flexibility index (Phi) is 29.9. The number of halogens is 8. The third kappa shape index (κ3) is 24.1. The van der Waals surface area contributed by atoms with Crippen molar-refractivity contribution in [2.24, 2.45) is 10.7 Å². The molecule has 105 heavy (non-hydrogen) atoms. The number of aryl methyl sites for hydroxylation is 4. The van der Waals surface area contributed by atoms with Crippen LogP contribution in [0.1, 0.15) is 151 Å². The number of hydrogen-bond acceptors (Lipinski definition) is 17. The summed E-state index contributed by atoms with van der Waals surface area (Å²) in [6.45, 7) is 25.3. The molecule has 5 aliphatic heterocycles. The summed E-state index contributed by atoms with van der Waals surface area (Å²) < 4.78 is 167. The molecule has 4 fully saturated rings. The number of piperidine rings is 2. The number of amides is 9. The number of rotatable bonds is 16. The number of aliphatic imine (C=N–C) groups is 1. The Morgan fingerprint density at radius 2 is 0.962 bits per heavy atom. The minimum Gasteiger partial charge on any atom is -0.850 e. The van der Waals surface area contributed by atoms with Crippen LogP contribution in [-0.4, -0.2) is 173 Å². The number of nitrogens with two attached hydrogens (primary N) is 1. The summed E-state index contributed by atoms with van der Waals surface area (Å²) >= 11 is 0. The van der Waals surface area contributed by atoms with Gasteiger partial charge in [0.1, 0.15) is 28.0 Å². The average Bonchev–Trinajstić information content (AvgIpc) is 1.59. The summed E-state index contributed by atoms with van der Waals surface area (Å²) in [5, 5.41) is 35.7. The van der Waals surface area contributed by atoms with Crippen LogP contribution in [0, 0.1) is 39.3 Å². The Hall–Kier alpha value is -6.78. The van der Waals surface area contributed by atoms with Crippen LogP contribution in [0.4, 0.5) is 56.1 Å². The normalized spacial score (nSPS) is 17.9. The largest absolute Gasteiger partial charge is 1.00 e. The van der Waals surface area contributed by atoms with Gasteiger partial charge in [-0.3, -0.25) is 49.4 Å². The first-order valence-electron chi connectivity index (χ1n) is 32.6. The van der Waals surface area contributed by atoms with Crippen LogP contribution in [0.5, 0.6) is 11.5 Å². The summed E-state index contributed by atoms with van der Waals surface area (Å²) in [6.07, 6.45) is -10.4. The van der Waals surface area contributed by atoms with Gasteiger partial charge < -0.3 is 41.2 Å². The van der Waals surface area contributed by atoms with Crippen LogP contribution < -0.4 is 103 Å². The van der Waals surface area contributed by atoms with Crippen molar-refractivity contribution in [2.45, 2.75) is 188 Å². The fourth-order valence-corrected chi connectivity index (χ4v) is 14.5. The smallest absolute Gasteiger partial charge is 0.850 e. The second-order valence-electron chi connectivity index (χ2n) is 28.2. The number of aliphatic hydroxyl groups excluding tert-OH is 1. The number of anilines is 2. The predicted octanol–water partition coefficient (Wildman–Crippen LogP) is 4.18. The molecule has 4 saturated heterocycles. The first-order chi connectivity index (χ1) is 47.4. The molecule has 0 aliphatic carbocycles. The summed E-state index contributed by atoms with van der Waals surface area (Å²) in [5.41, 5.74) is 4.14. The van der Waals surface area contributed by atoms with Crippen LogP contribution >= 0.6 is 0 Å². The van der Waals surface area contributed by atoms with Gasteiger partial charge in [-0.15, -0.1) is 31.9 Å². The van der Waals surface area contributed by atoms with E-state index in [0.29, 0.717) is 34.6 Å². The monoisotopic (exact) mass is 1560 g/mol. The molecule has 576 valence electrons. The third-order valence-electron chi connectivity index (χ3n) is 16.7. The van der Waals surface area contributed by atoms with E-state index in [4.69, 9.17) is 15.9 Å². The van der Waals surface area contributed by atoms with E-state index < -0.39 is 136 Å². The summed E-state index contributed by atoms with van der Waals surface area (Å²) in [5.74, 6) is -8.88. The van der Waals surface area contributed by atoms with Gasteiger partial charge in [-0.2, -0.15) is 0 Å².